The lowest BCUT2D eigenvalue weighted by Gasteiger charge is -2.24. The van der Waals surface area contributed by atoms with Crippen molar-refractivity contribution in [2.24, 2.45) is 5.10 Å². The summed E-state index contributed by atoms with van der Waals surface area (Å²) in [5.41, 5.74) is 3.72. The lowest BCUT2D eigenvalue weighted by molar-refractivity contribution is -0.119. The van der Waals surface area contributed by atoms with E-state index in [1.54, 1.807) is 49.4 Å². The molecule has 1 heterocycles. The van der Waals surface area contributed by atoms with E-state index in [1.165, 1.54) is 30.1 Å². The maximum absolute atomic E-state index is 13.4. The SMILES string of the molecule is CSc1ccc(S(=O)(=O)N(CC(=O)N/N=C\c2cc(Br)c(C)o2)c2ccc(C)cc2)cc1. The molecule has 10 heteroatoms. The molecule has 3 rings (SSSR count). The predicted molar refractivity (Wildman–Crippen MR) is 131 cm³/mol. The van der Waals surface area contributed by atoms with Crippen molar-refractivity contribution < 1.29 is 17.6 Å². The third-order valence-corrected chi connectivity index (χ3v) is 7.83. The van der Waals surface area contributed by atoms with Crippen LogP contribution < -0.4 is 9.73 Å². The van der Waals surface area contributed by atoms with E-state index in [2.05, 4.69) is 26.5 Å². The van der Waals surface area contributed by atoms with E-state index in [1.807, 2.05) is 13.2 Å². The topological polar surface area (TPSA) is 92.0 Å². The van der Waals surface area contributed by atoms with Gasteiger partial charge in [0.1, 0.15) is 18.1 Å². The minimum absolute atomic E-state index is 0.100. The van der Waals surface area contributed by atoms with Crippen LogP contribution in [0.4, 0.5) is 5.69 Å². The van der Waals surface area contributed by atoms with Gasteiger partial charge in [-0.05, 0) is 72.4 Å². The summed E-state index contributed by atoms with van der Waals surface area (Å²) in [6, 6.07) is 15.2. The number of hydrogen-bond donors (Lipinski definition) is 1. The fraction of sp³-hybridized carbons (Fsp3) is 0.182. The largest absolute Gasteiger partial charge is 0.459 e. The van der Waals surface area contributed by atoms with Crippen LogP contribution in [0.2, 0.25) is 0 Å². The van der Waals surface area contributed by atoms with Crippen LogP contribution in [0, 0.1) is 13.8 Å². The second kappa shape index (κ2) is 10.4. The van der Waals surface area contributed by atoms with Gasteiger partial charge in [0.15, 0.2) is 0 Å². The highest BCUT2D eigenvalue weighted by molar-refractivity contribution is 9.10. The molecule has 2 aromatic carbocycles. The molecule has 0 aliphatic carbocycles. The van der Waals surface area contributed by atoms with Gasteiger partial charge in [-0.2, -0.15) is 5.10 Å². The zero-order valence-corrected chi connectivity index (χ0v) is 20.9. The molecule has 0 atom stereocenters. The molecule has 1 N–H and O–H groups in total. The summed E-state index contributed by atoms with van der Waals surface area (Å²) in [4.78, 5) is 13.6. The number of aryl methyl sites for hydroxylation is 2. The summed E-state index contributed by atoms with van der Waals surface area (Å²) in [6.07, 6.45) is 3.26. The molecule has 1 amide bonds. The number of nitrogens with zero attached hydrogens (tertiary/aromatic N) is 2. The average molecular weight is 536 g/mol. The Morgan fingerprint density at radius 3 is 2.38 bits per heavy atom. The first-order valence-electron chi connectivity index (χ1n) is 9.52. The second-order valence-corrected chi connectivity index (χ2v) is 10.5. The van der Waals surface area contributed by atoms with Crippen molar-refractivity contribution in [3.63, 3.8) is 0 Å². The molecule has 3 aromatic rings. The van der Waals surface area contributed by atoms with Crippen molar-refractivity contribution in [2.45, 2.75) is 23.6 Å². The Bertz CT molecular complexity index is 1200. The molecule has 0 saturated heterocycles. The highest BCUT2D eigenvalue weighted by atomic mass is 79.9. The average Bonchev–Trinajstić information content (AvgIpc) is 3.09. The van der Waals surface area contributed by atoms with Gasteiger partial charge in [-0.1, -0.05) is 17.7 Å². The molecular formula is C22H22BrN3O4S2. The number of carbonyl (C=O) groups is 1. The first kappa shape index (κ1) is 24.1. The molecule has 32 heavy (non-hydrogen) atoms. The molecule has 0 bridgehead atoms. The summed E-state index contributed by atoms with van der Waals surface area (Å²) in [5, 5.41) is 3.87. The number of benzene rings is 2. The third kappa shape index (κ3) is 5.81. The van der Waals surface area contributed by atoms with E-state index in [4.69, 9.17) is 4.42 Å². The van der Waals surface area contributed by atoms with E-state index >= 15 is 0 Å². The maximum atomic E-state index is 13.4. The Hall–Kier alpha value is -2.56. The van der Waals surface area contributed by atoms with Crippen LogP contribution in [0.25, 0.3) is 0 Å². The Balaban J connectivity index is 1.83. The van der Waals surface area contributed by atoms with Crippen LogP contribution in [0.3, 0.4) is 0 Å². The number of furan rings is 1. The normalized spacial score (nSPS) is 11.6. The van der Waals surface area contributed by atoms with Gasteiger partial charge in [0.2, 0.25) is 0 Å². The minimum atomic E-state index is -3.98. The zero-order valence-electron chi connectivity index (χ0n) is 17.7. The Labute approximate surface area is 200 Å². The number of carbonyl (C=O) groups excluding carboxylic acids is 1. The van der Waals surface area contributed by atoms with Crippen LogP contribution >= 0.6 is 27.7 Å². The Morgan fingerprint density at radius 1 is 1.16 bits per heavy atom. The van der Waals surface area contributed by atoms with Crippen molar-refractivity contribution in [3.8, 4) is 0 Å². The van der Waals surface area contributed by atoms with Crippen molar-refractivity contribution in [1.82, 2.24) is 5.43 Å². The van der Waals surface area contributed by atoms with Crippen LogP contribution in [-0.4, -0.2) is 33.3 Å². The predicted octanol–water partition coefficient (Wildman–Crippen LogP) is 4.73. The van der Waals surface area contributed by atoms with Gasteiger partial charge in [-0.25, -0.2) is 13.8 Å². The van der Waals surface area contributed by atoms with Crippen molar-refractivity contribution >= 4 is 55.5 Å². The molecule has 0 radical (unpaired) electrons. The smallest absolute Gasteiger partial charge is 0.264 e. The van der Waals surface area contributed by atoms with Crippen molar-refractivity contribution in [3.05, 3.63) is 76.2 Å². The first-order chi connectivity index (χ1) is 15.2. The lowest BCUT2D eigenvalue weighted by atomic mass is 10.2. The number of thioether (sulfide) groups is 1. The molecule has 0 unspecified atom stereocenters. The van der Waals surface area contributed by atoms with Crippen LogP contribution in [0.5, 0.6) is 0 Å². The van der Waals surface area contributed by atoms with E-state index in [-0.39, 0.29) is 4.90 Å². The minimum Gasteiger partial charge on any atom is -0.459 e. The Morgan fingerprint density at radius 2 is 1.81 bits per heavy atom. The summed E-state index contributed by atoms with van der Waals surface area (Å²) < 4.78 is 34.0. The molecule has 168 valence electrons. The van der Waals surface area contributed by atoms with E-state index in [0.717, 1.165) is 19.2 Å². The number of rotatable bonds is 8. The maximum Gasteiger partial charge on any atom is 0.264 e. The van der Waals surface area contributed by atoms with Gasteiger partial charge in [0.25, 0.3) is 15.9 Å². The standard InChI is InChI=1S/C22H22BrN3O4S2/c1-15-4-6-17(7-5-15)26(32(28,29)20-10-8-19(31-3)9-11-20)14-22(27)25-24-13-18-12-21(23)16(2)30-18/h4-13H,14H2,1-3H3,(H,25,27)/b24-13-. The summed E-state index contributed by atoms with van der Waals surface area (Å²) in [7, 11) is -3.98. The fourth-order valence-corrected chi connectivity index (χ4v) is 4.92. The van der Waals surface area contributed by atoms with E-state index in [9.17, 15) is 13.2 Å². The van der Waals surface area contributed by atoms with Gasteiger partial charge < -0.3 is 4.42 Å². The first-order valence-corrected chi connectivity index (χ1v) is 13.0. The molecule has 0 saturated carbocycles. The summed E-state index contributed by atoms with van der Waals surface area (Å²) in [6.45, 7) is 3.25. The van der Waals surface area contributed by atoms with Crippen molar-refractivity contribution in [2.75, 3.05) is 17.1 Å². The number of anilines is 1. The van der Waals surface area contributed by atoms with Gasteiger partial charge in [-0.15, -0.1) is 11.8 Å². The highest BCUT2D eigenvalue weighted by Gasteiger charge is 2.27. The zero-order chi connectivity index (χ0) is 23.3. The Kier molecular flexibility index (Phi) is 7.81. The number of amides is 1. The van der Waals surface area contributed by atoms with Gasteiger partial charge in [0, 0.05) is 11.0 Å². The quantitative estimate of drug-likeness (QED) is 0.256. The lowest BCUT2D eigenvalue weighted by Crippen LogP contribution is -2.39. The number of hydrazone groups is 1. The van der Waals surface area contributed by atoms with Crippen LogP contribution in [0.15, 0.2) is 78.4 Å². The number of nitrogens with one attached hydrogen (secondary N) is 1. The number of sulfonamides is 1. The summed E-state index contributed by atoms with van der Waals surface area (Å²) >= 11 is 4.85. The van der Waals surface area contributed by atoms with Crippen LogP contribution in [-0.2, 0) is 14.8 Å². The number of halogens is 1. The van der Waals surface area contributed by atoms with Crippen molar-refractivity contribution in [1.29, 1.82) is 0 Å². The molecule has 7 nitrogen and oxygen atoms in total. The monoisotopic (exact) mass is 535 g/mol. The van der Waals surface area contributed by atoms with Crippen LogP contribution in [0.1, 0.15) is 17.1 Å². The molecular weight excluding hydrogens is 514 g/mol. The fourth-order valence-electron chi connectivity index (χ4n) is 2.78. The summed E-state index contributed by atoms with van der Waals surface area (Å²) in [5.74, 6) is 0.543. The van der Waals surface area contributed by atoms with Gasteiger partial charge in [0.05, 0.1) is 21.3 Å². The highest BCUT2D eigenvalue weighted by Crippen LogP contribution is 2.25. The number of hydrogen-bond acceptors (Lipinski definition) is 6. The molecule has 1 aromatic heterocycles. The van der Waals surface area contributed by atoms with E-state index < -0.39 is 22.5 Å². The second-order valence-electron chi connectivity index (χ2n) is 6.87. The third-order valence-electron chi connectivity index (χ3n) is 4.51. The molecule has 0 fully saturated rings. The van der Waals surface area contributed by atoms with Gasteiger partial charge in [-0.3, -0.25) is 9.10 Å². The molecule has 0 aliphatic rings. The van der Waals surface area contributed by atoms with Gasteiger partial charge >= 0.3 is 0 Å². The molecule has 0 aliphatic heterocycles. The molecule has 0 spiro atoms. The van der Waals surface area contributed by atoms with E-state index in [0.29, 0.717) is 17.2 Å².